The number of hydrogen-bond acceptors (Lipinski definition) is 3. The van der Waals surface area contributed by atoms with Gasteiger partial charge in [0.15, 0.2) is 6.29 Å². The summed E-state index contributed by atoms with van der Waals surface area (Å²) in [6, 6.07) is 0. The molecule has 1 aliphatic carbocycles. The molecule has 2 aliphatic rings. The number of ether oxygens (including phenoxy) is 2. The number of carbonyl (C=O) groups is 1. The van der Waals surface area contributed by atoms with Crippen molar-refractivity contribution < 1.29 is 14.3 Å². The molecular weight excluding hydrogens is 156 g/mol. The highest BCUT2D eigenvalue weighted by atomic mass is 16.7. The minimum Gasteiger partial charge on any atom is -0.356 e. The van der Waals surface area contributed by atoms with Gasteiger partial charge in [0.2, 0.25) is 0 Å². The average molecular weight is 170 g/mol. The molecule has 3 heteroatoms. The number of rotatable bonds is 1. The van der Waals surface area contributed by atoms with Gasteiger partial charge >= 0.3 is 0 Å². The van der Waals surface area contributed by atoms with E-state index in [4.69, 9.17) is 9.47 Å². The molecule has 1 heterocycles. The van der Waals surface area contributed by atoms with Crippen molar-refractivity contribution in [3.05, 3.63) is 0 Å². The predicted octanol–water partition coefficient (Wildman–Crippen LogP) is 0.974. The second-order valence-electron chi connectivity index (χ2n) is 3.61. The van der Waals surface area contributed by atoms with Crippen LogP contribution >= 0.6 is 0 Å². The third kappa shape index (κ3) is 1.27. The zero-order chi connectivity index (χ0) is 8.55. The van der Waals surface area contributed by atoms with Gasteiger partial charge in [-0.2, -0.15) is 0 Å². The summed E-state index contributed by atoms with van der Waals surface area (Å²) in [5, 5.41) is 0. The fraction of sp³-hybridized carbons (Fsp3) is 0.889. The molecule has 0 amide bonds. The van der Waals surface area contributed by atoms with E-state index in [0.717, 1.165) is 19.3 Å². The molecule has 0 spiro atoms. The van der Waals surface area contributed by atoms with Gasteiger partial charge in [-0.3, -0.25) is 4.79 Å². The van der Waals surface area contributed by atoms with E-state index in [1.165, 1.54) is 0 Å². The lowest BCUT2D eigenvalue weighted by molar-refractivity contribution is -0.174. The highest BCUT2D eigenvalue weighted by Gasteiger charge is 2.40. The fourth-order valence-electron chi connectivity index (χ4n) is 2.17. The molecule has 0 radical (unpaired) electrons. The van der Waals surface area contributed by atoms with Gasteiger partial charge in [-0.15, -0.1) is 0 Å². The van der Waals surface area contributed by atoms with Crippen LogP contribution in [0.25, 0.3) is 0 Å². The lowest BCUT2D eigenvalue weighted by Crippen LogP contribution is -2.34. The fourth-order valence-corrected chi connectivity index (χ4v) is 2.17. The molecule has 3 nitrogen and oxygen atoms in total. The number of carbonyl (C=O) groups excluding carboxylic acids is 1. The van der Waals surface area contributed by atoms with Crippen LogP contribution in [0.3, 0.4) is 0 Å². The van der Waals surface area contributed by atoms with Gasteiger partial charge in [0.1, 0.15) is 5.78 Å². The first-order valence-electron chi connectivity index (χ1n) is 4.48. The van der Waals surface area contributed by atoms with Crippen molar-refractivity contribution in [1.82, 2.24) is 0 Å². The van der Waals surface area contributed by atoms with Crippen LogP contribution in [0.4, 0.5) is 0 Å². The van der Waals surface area contributed by atoms with Crippen molar-refractivity contribution in [2.75, 3.05) is 13.7 Å². The van der Waals surface area contributed by atoms with Crippen LogP contribution in [0.1, 0.15) is 19.3 Å². The summed E-state index contributed by atoms with van der Waals surface area (Å²) in [7, 11) is 1.63. The summed E-state index contributed by atoms with van der Waals surface area (Å²) >= 11 is 0. The van der Waals surface area contributed by atoms with Crippen LogP contribution in [-0.4, -0.2) is 25.8 Å². The minimum atomic E-state index is -0.145. The smallest absolute Gasteiger partial charge is 0.157 e. The van der Waals surface area contributed by atoms with Crippen LogP contribution in [0.2, 0.25) is 0 Å². The Labute approximate surface area is 72.0 Å². The zero-order valence-electron chi connectivity index (χ0n) is 7.29. The number of Topliss-reactive ketones (excluding diaryl/α,β-unsaturated/α-hetero) is 1. The zero-order valence-corrected chi connectivity index (χ0v) is 7.29. The van der Waals surface area contributed by atoms with E-state index in [1.54, 1.807) is 7.11 Å². The number of methoxy groups -OCH3 is 1. The van der Waals surface area contributed by atoms with E-state index in [-0.39, 0.29) is 12.2 Å². The van der Waals surface area contributed by atoms with Crippen molar-refractivity contribution in [3.63, 3.8) is 0 Å². The van der Waals surface area contributed by atoms with Crippen LogP contribution in [-0.2, 0) is 14.3 Å². The molecule has 1 saturated heterocycles. The maximum atomic E-state index is 11.4. The molecule has 2 rings (SSSR count). The van der Waals surface area contributed by atoms with Gasteiger partial charge in [-0.1, -0.05) is 0 Å². The normalized spacial score (nSPS) is 41.4. The van der Waals surface area contributed by atoms with Crippen molar-refractivity contribution in [1.29, 1.82) is 0 Å². The summed E-state index contributed by atoms with van der Waals surface area (Å²) in [5.41, 5.74) is 0. The second-order valence-corrected chi connectivity index (χ2v) is 3.61. The largest absolute Gasteiger partial charge is 0.356 e. The van der Waals surface area contributed by atoms with Gasteiger partial charge < -0.3 is 9.47 Å². The van der Waals surface area contributed by atoms with Crippen molar-refractivity contribution >= 4 is 5.78 Å². The van der Waals surface area contributed by atoms with Crippen LogP contribution < -0.4 is 0 Å². The molecular formula is C9H14O3. The molecule has 3 atom stereocenters. The van der Waals surface area contributed by atoms with E-state index in [9.17, 15) is 4.79 Å². The first-order valence-corrected chi connectivity index (χ1v) is 4.48. The Hall–Kier alpha value is -0.410. The van der Waals surface area contributed by atoms with E-state index < -0.39 is 0 Å². The second kappa shape index (κ2) is 3.15. The quantitative estimate of drug-likeness (QED) is 0.588. The van der Waals surface area contributed by atoms with Crippen LogP contribution in [0.5, 0.6) is 0 Å². The summed E-state index contributed by atoms with van der Waals surface area (Å²) in [6.45, 7) is 0.703. The molecule has 0 unspecified atom stereocenters. The van der Waals surface area contributed by atoms with Crippen molar-refractivity contribution in [2.45, 2.75) is 25.6 Å². The van der Waals surface area contributed by atoms with Gasteiger partial charge in [0.25, 0.3) is 0 Å². The predicted molar refractivity (Wildman–Crippen MR) is 42.6 cm³/mol. The van der Waals surface area contributed by atoms with E-state index in [2.05, 4.69) is 0 Å². The molecule has 12 heavy (non-hydrogen) atoms. The maximum absolute atomic E-state index is 11.4. The molecule has 0 aromatic carbocycles. The van der Waals surface area contributed by atoms with E-state index >= 15 is 0 Å². The minimum absolute atomic E-state index is 0.145. The lowest BCUT2D eigenvalue weighted by Gasteiger charge is -2.29. The molecule has 1 aliphatic heterocycles. The molecule has 0 aromatic heterocycles. The highest BCUT2D eigenvalue weighted by Crippen LogP contribution is 2.36. The SMILES string of the molecule is CO[C@H]1C[C@@H]2C(=O)CC[C@@H]2CO1. The summed E-state index contributed by atoms with van der Waals surface area (Å²) in [6.07, 6.45) is 2.38. The van der Waals surface area contributed by atoms with Gasteiger partial charge in [-0.05, 0) is 12.3 Å². The van der Waals surface area contributed by atoms with E-state index in [1.807, 2.05) is 0 Å². The van der Waals surface area contributed by atoms with Crippen LogP contribution in [0.15, 0.2) is 0 Å². The molecule has 1 saturated carbocycles. The monoisotopic (exact) mass is 170 g/mol. The Bertz CT molecular complexity index is 190. The standard InChI is InChI=1S/C9H14O3/c1-11-9-4-7-6(5-12-9)2-3-8(7)10/h6-7,9H,2-5H2,1H3/t6-,7+,9-/m1/s1. The van der Waals surface area contributed by atoms with Gasteiger partial charge in [0.05, 0.1) is 6.61 Å². The van der Waals surface area contributed by atoms with Crippen molar-refractivity contribution in [2.24, 2.45) is 11.8 Å². The summed E-state index contributed by atoms with van der Waals surface area (Å²) in [4.78, 5) is 11.4. The molecule has 0 bridgehead atoms. The number of fused-ring (bicyclic) bond motifs is 1. The molecule has 2 fully saturated rings. The highest BCUT2D eigenvalue weighted by molar-refractivity contribution is 5.83. The van der Waals surface area contributed by atoms with E-state index in [0.29, 0.717) is 18.3 Å². The lowest BCUT2D eigenvalue weighted by atomic mass is 9.91. The topological polar surface area (TPSA) is 35.5 Å². The van der Waals surface area contributed by atoms with Gasteiger partial charge in [-0.25, -0.2) is 0 Å². The van der Waals surface area contributed by atoms with Crippen LogP contribution in [0, 0.1) is 11.8 Å². The number of hydrogen-bond donors (Lipinski definition) is 0. The molecule has 68 valence electrons. The van der Waals surface area contributed by atoms with Crippen molar-refractivity contribution in [3.8, 4) is 0 Å². The Kier molecular flexibility index (Phi) is 2.15. The average Bonchev–Trinajstić information content (AvgIpc) is 2.47. The Balaban J connectivity index is 2.01. The maximum Gasteiger partial charge on any atom is 0.157 e. The Morgan fingerprint density at radius 2 is 2.42 bits per heavy atom. The third-order valence-corrected chi connectivity index (χ3v) is 2.95. The summed E-state index contributed by atoms with van der Waals surface area (Å²) < 4.78 is 10.5. The Morgan fingerprint density at radius 3 is 3.17 bits per heavy atom. The summed E-state index contributed by atoms with van der Waals surface area (Å²) in [5.74, 6) is 1.11. The first-order chi connectivity index (χ1) is 5.81. The molecule has 0 aromatic rings. The van der Waals surface area contributed by atoms with Gasteiger partial charge in [0, 0.05) is 25.9 Å². The Morgan fingerprint density at radius 1 is 1.58 bits per heavy atom. The molecule has 0 N–H and O–H groups in total. The third-order valence-electron chi connectivity index (χ3n) is 2.95. The first kappa shape index (κ1) is 8.20. The number of ketones is 1.